The summed E-state index contributed by atoms with van der Waals surface area (Å²) in [6.45, 7) is 1.82. The summed E-state index contributed by atoms with van der Waals surface area (Å²) in [5, 5.41) is 1.48. The van der Waals surface area contributed by atoms with Gasteiger partial charge in [0.25, 0.3) is 0 Å². The zero-order valence-electron chi connectivity index (χ0n) is 17.6. The van der Waals surface area contributed by atoms with E-state index in [1.54, 1.807) is 54.6 Å². The van der Waals surface area contributed by atoms with Crippen LogP contribution in [0.1, 0.15) is 29.7 Å². The molecule has 0 aromatic heterocycles. The summed E-state index contributed by atoms with van der Waals surface area (Å²) in [6, 6.07) is 24.2. The van der Waals surface area contributed by atoms with Crippen LogP contribution in [0.5, 0.6) is 0 Å². The highest BCUT2D eigenvalue weighted by Crippen LogP contribution is 2.48. The maximum atomic E-state index is 13.2. The molecule has 8 heteroatoms. The second-order valence-corrected chi connectivity index (χ2v) is 8.30. The molecule has 0 N–H and O–H groups in total. The van der Waals surface area contributed by atoms with Gasteiger partial charge in [-0.25, -0.2) is 4.79 Å². The molecule has 4 rings (SSSR count). The van der Waals surface area contributed by atoms with Crippen molar-refractivity contribution in [1.82, 2.24) is 5.06 Å². The van der Waals surface area contributed by atoms with Crippen molar-refractivity contribution in [2.24, 2.45) is 4.99 Å². The molecule has 0 radical (unpaired) electrons. The molecule has 2 unspecified atom stereocenters. The van der Waals surface area contributed by atoms with E-state index in [1.807, 2.05) is 37.3 Å². The number of alkyl halides is 3. The predicted octanol–water partition coefficient (Wildman–Crippen LogP) is 6.27. The van der Waals surface area contributed by atoms with Crippen LogP contribution >= 0.6 is 11.6 Å². The number of nitrogens with zero attached hydrogens (tertiary/aromatic N) is 2. The van der Waals surface area contributed by atoms with Crippen molar-refractivity contribution < 1.29 is 22.8 Å². The van der Waals surface area contributed by atoms with Crippen LogP contribution in [-0.2, 0) is 21.6 Å². The van der Waals surface area contributed by atoms with Gasteiger partial charge >= 0.3 is 12.1 Å². The zero-order valence-corrected chi connectivity index (χ0v) is 18.3. The van der Waals surface area contributed by atoms with E-state index in [0.717, 1.165) is 16.2 Å². The summed E-state index contributed by atoms with van der Waals surface area (Å²) in [7, 11) is 0. The Balaban J connectivity index is 1.85. The summed E-state index contributed by atoms with van der Waals surface area (Å²) in [5.74, 6) is -2.12. The Hall–Kier alpha value is -3.32. The fraction of sp³-hybridized carbons (Fsp3) is 0.200. The molecule has 0 saturated carbocycles. The number of aliphatic imine (C=N–C) groups is 1. The smallest absolute Gasteiger partial charge is 0.330 e. The fourth-order valence-corrected chi connectivity index (χ4v) is 4.26. The zero-order chi connectivity index (χ0) is 23.6. The van der Waals surface area contributed by atoms with Crippen molar-refractivity contribution in [2.75, 3.05) is 0 Å². The molecule has 1 aliphatic rings. The van der Waals surface area contributed by atoms with Gasteiger partial charge in [0.05, 0.1) is 0 Å². The quantitative estimate of drug-likeness (QED) is 0.439. The van der Waals surface area contributed by atoms with Crippen LogP contribution in [0.2, 0.25) is 5.02 Å². The van der Waals surface area contributed by atoms with Gasteiger partial charge in [-0.1, -0.05) is 84.4 Å². The van der Waals surface area contributed by atoms with Crippen LogP contribution in [0.4, 0.5) is 13.2 Å². The SMILES string of the molecule is CC1(c2ccccc2)N=C(Cc2cccc(Cl)c2)N(OC(=O)C(F)(F)F)C1c1ccccc1. The standard InChI is InChI=1S/C25H20ClF3N2O2/c1-24(19-12-6-3-7-13-19)22(18-10-4-2-5-11-18)31(33-23(32)25(27,28)29)21(30-24)16-17-9-8-14-20(26)15-17/h2-15,22H,16H2,1H3. The number of benzene rings is 3. The first-order valence-corrected chi connectivity index (χ1v) is 10.6. The molecule has 0 amide bonds. The Morgan fingerprint density at radius 1 is 1.03 bits per heavy atom. The van der Waals surface area contributed by atoms with Gasteiger partial charge in [-0.3, -0.25) is 4.99 Å². The van der Waals surface area contributed by atoms with Gasteiger partial charge in [-0.05, 0) is 35.7 Å². The molecule has 0 spiro atoms. The Morgan fingerprint density at radius 3 is 2.27 bits per heavy atom. The van der Waals surface area contributed by atoms with E-state index in [2.05, 4.69) is 0 Å². The minimum atomic E-state index is -5.16. The summed E-state index contributed by atoms with van der Waals surface area (Å²) in [4.78, 5) is 21.8. The lowest BCUT2D eigenvalue weighted by molar-refractivity contribution is -0.231. The third-order valence-corrected chi connectivity index (χ3v) is 5.76. The van der Waals surface area contributed by atoms with Crippen LogP contribution in [0.25, 0.3) is 0 Å². The lowest BCUT2D eigenvalue weighted by atomic mass is 9.82. The van der Waals surface area contributed by atoms with Crippen molar-refractivity contribution >= 4 is 23.4 Å². The molecule has 3 aromatic rings. The third-order valence-electron chi connectivity index (χ3n) is 5.52. The topological polar surface area (TPSA) is 41.9 Å². The minimum Gasteiger partial charge on any atom is -0.330 e. The Morgan fingerprint density at radius 2 is 1.67 bits per heavy atom. The Kier molecular flexibility index (Phi) is 6.17. The van der Waals surface area contributed by atoms with Gasteiger partial charge in [0.15, 0.2) is 0 Å². The molecule has 1 aliphatic heterocycles. The number of carbonyl (C=O) groups excluding carboxylic acids is 1. The molecule has 0 aliphatic carbocycles. The van der Waals surface area contributed by atoms with Crippen molar-refractivity contribution in [2.45, 2.75) is 31.1 Å². The predicted molar refractivity (Wildman–Crippen MR) is 120 cm³/mol. The van der Waals surface area contributed by atoms with Gasteiger partial charge in [-0.15, -0.1) is 0 Å². The van der Waals surface area contributed by atoms with Gasteiger partial charge < -0.3 is 4.84 Å². The van der Waals surface area contributed by atoms with Gasteiger partial charge in [-0.2, -0.15) is 18.2 Å². The number of amidine groups is 1. The van der Waals surface area contributed by atoms with Crippen LogP contribution in [0, 0.1) is 0 Å². The maximum absolute atomic E-state index is 13.2. The summed E-state index contributed by atoms with van der Waals surface area (Å²) in [6.07, 6.45) is -5.04. The van der Waals surface area contributed by atoms with Gasteiger partial charge in [0.2, 0.25) is 0 Å². The number of carbonyl (C=O) groups is 1. The molecule has 2 atom stereocenters. The highest BCUT2D eigenvalue weighted by Gasteiger charge is 2.52. The largest absolute Gasteiger partial charge is 0.493 e. The number of rotatable bonds is 5. The Labute approximate surface area is 194 Å². The minimum absolute atomic E-state index is 0.122. The first-order chi connectivity index (χ1) is 15.7. The second-order valence-electron chi connectivity index (χ2n) is 7.86. The molecule has 0 fully saturated rings. The number of hydrogen-bond acceptors (Lipinski definition) is 4. The molecule has 170 valence electrons. The van der Waals surface area contributed by atoms with Crippen molar-refractivity contribution in [3.8, 4) is 0 Å². The summed E-state index contributed by atoms with van der Waals surface area (Å²) < 4.78 is 39.6. The highest BCUT2D eigenvalue weighted by molar-refractivity contribution is 6.30. The lowest BCUT2D eigenvalue weighted by Crippen LogP contribution is -2.42. The normalized spacial score (nSPS) is 20.5. The van der Waals surface area contributed by atoms with E-state index < -0.39 is 23.7 Å². The molecular weight excluding hydrogens is 453 g/mol. The van der Waals surface area contributed by atoms with E-state index >= 15 is 0 Å². The van der Waals surface area contributed by atoms with E-state index in [4.69, 9.17) is 21.4 Å². The summed E-state index contributed by atoms with van der Waals surface area (Å²) in [5.41, 5.74) is 1.12. The first-order valence-electron chi connectivity index (χ1n) is 10.2. The highest BCUT2D eigenvalue weighted by atomic mass is 35.5. The number of hydroxylamine groups is 2. The Bertz CT molecular complexity index is 1170. The van der Waals surface area contributed by atoms with Gasteiger partial charge in [0, 0.05) is 11.4 Å². The van der Waals surface area contributed by atoms with Crippen LogP contribution in [0.3, 0.4) is 0 Å². The molecule has 33 heavy (non-hydrogen) atoms. The molecule has 3 aromatic carbocycles. The fourth-order valence-electron chi connectivity index (χ4n) is 4.04. The van der Waals surface area contributed by atoms with E-state index in [-0.39, 0.29) is 12.3 Å². The monoisotopic (exact) mass is 472 g/mol. The maximum Gasteiger partial charge on any atom is 0.493 e. The van der Waals surface area contributed by atoms with Crippen molar-refractivity contribution in [1.29, 1.82) is 0 Å². The van der Waals surface area contributed by atoms with E-state index in [9.17, 15) is 18.0 Å². The van der Waals surface area contributed by atoms with Crippen LogP contribution < -0.4 is 0 Å². The number of halogens is 4. The summed E-state index contributed by atoms with van der Waals surface area (Å²) >= 11 is 6.10. The average molecular weight is 473 g/mol. The molecule has 0 bridgehead atoms. The average Bonchev–Trinajstić information content (AvgIpc) is 3.06. The van der Waals surface area contributed by atoms with E-state index in [1.165, 1.54) is 0 Å². The van der Waals surface area contributed by atoms with Crippen LogP contribution in [0.15, 0.2) is 89.9 Å². The molecule has 4 nitrogen and oxygen atoms in total. The van der Waals surface area contributed by atoms with Gasteiger partial charge in [0.1, 0.15) is 17.4 Å². The second kappa shape index (κ2) is 8.90. The van der Waals surface area contributed by atoms with Crippen LogP contribution in [-0.4, -0.2) is 23.0 Å². The first kappa shape index (κ1) is 22.9. The number of hydrogen-bond donors (Lipinski definition) is 0. The molecule has 0 saturated heterocycles. The molecule has 1 heterocycles. The third kappa shape index (κ3) is 4.73. The molecular formula is C25H20ClF3N2O2. The van der Waals surface area contributed by atoms with E-state index in [0.29, 0.717) is 10.6 Å². The van der Waals surface area contributed by atoms with Crippen molar-refractivity contribution in [3.63, 3.8) is 0 Å². The lowest BCUT2D eigenvalue weighted by Gasteiger charge is -2.34. The van der Waals surface area contributed by atoms with Crippen molar-refractivity contribution in [3.05, 3.63) is 107 Å².